The van der Waals surface area contributed by atoms with Crippen molar-refractivity contribution in [2.75, 3.05) is 0 Å². The minimum atomic E-state index is 0.367. The molecule has 1 saturated carbocycles. The van der Waals surface area contributed by atoms with Crippen LogP contribution in [0.25, 0.3) is 0 Å². The summed E-state index contributed by atoms with van der Waals surface area (Å²) >= 11 is 0. The van der Waals surface area contributed by atoms with Crippen molar-refractivity contribution in [1.82, 2.24) is 10.3 Å². The molecule has 1 aliphatic carbocycles. The standard InChI is InChI=1S/C18H30N2O/c1-5-15-7-6-8-16(11-15)21-18-10-9-14(4)20-17(18)12-19-13(2)3/h9-10,13,15-16,19H,5-8,11-12H2,1-4H3. The van der Waals surface area contributed by atoms with Crippen molar-refractivity contribution in [3.63, 3.8) is 0 Å². The highest BCUT2D eigenvalue weighted by atomic mass is 16.5. The molecule has 118 valence electrons. The molecule has 1 aliphatic rings. The van der Waals surface area contributed by atoms with Gasteiger partial charge in [-0.25, -0.2) is 0 Å². The maximum absolute atomic E-state index is 6.30. The van der Waals surface area contributed by atoms with Crippen molar-refractivity contribution in [1.29, 1.82) is 0 Å². The van der Waals surface area contributed by atoms with Gasteiger partial charge in [-0.2, -0.15) is 0 Å². The minimum Gasteiger partial charge on any atom is -0.488 e. The normalized spacial score (nSPS) is 22.5. The van der Waals surface area contributed by atoms with Gasteiger partial charge in [0.05, 0.1) is 11.8 Å². The van der Waals surface area contributed by atoms with Gasteiger partial charge in [-0.15, -0.1) is 0 Å². The number of ether oxygens (including phenoxy) is 1. The van der Waals surface area contributed by atoms with Gasteiger partial charge in [-0.1, -0.05) is 33.6 Å². The summed E-state index contributed by atoms with van der Waals surface area (Å²) in [6.07, 6.45) is 6.68. The van der Waals surface area contributed by atoms with Gasteiger partial charge in [0.15, 0.2) is 0 Å². The zero-order valence-electron chi connectivity index (χ0n) is 14.0. The van der Waals surface area contributed by atoms with E-state index < -0.39 is 0 Å². The van der Waals surface area contributed by atoms with E-state index in [-0.39, 0.29) is 0 Å². The Balaban J connectivity index is 2.04. The summed E-state index contributed by atoms with van der Waals surface area (Å²) < 4.78 is 6.30. The summed E-state index contributed by atoms with van der Waals surface area (Å²) in [5.74, 6) is 1.80. The molecule has 0 spiro atoms. The number of aryl methyl sites for hydroxylation is 1. The average molecular weight is 290 g/mol. The van der Waals surface area contributed by atoms with Crippen LogP contribution in [-0.2, 0) is 6.54 Å². The molecule has 3 heteroatoms. The molecule has 0 radical (unpaired) electrons. The Bertz CT molecular complexity index is 445. The Morgan fingerprint density at radius 3 is 2.86 bits per heavy atom. The molecule has 1 aromatic heterocycles. The van der Waals surface area contributed by atoms with Crippen LogP contribution < -0.4 is 10.1 Å². The third kappa shape index (κ3) is 4.99. The smallest absolute Gasteiger partial charge is 0.142 e. The third-order valence-electron chi connectivity index (χ3n) is 4.36. The van der Waals surface area contributed by atoms with Gasteiger partial charge in [0, 0.05) is 18.3 Å². The van der Waals surface area contributed by atoms with E-state index in [2.05, 4.69) is 37.1 Å². The Morgan fingerprint density at radius 2 is 2.14 bits per heavy atom. The summed E-state index contributed by atoms with van der Waals surface area (Å²) in [5, 5.41) is 3.44. The Hall–Kier alpha value is -1.09. The maximum atomic E-state index is 6.30. The lowest BCUT2D eigenvalue weighted by atomic mass is 9.85. The molecule has 1 fully saturated rings. The first-order valence-electron chi connectivity index (χ1n) is 8.45. The third-order valence-corrected chi connectivity index (χ3v) is 4.36. The number of hydrogen-bond acceptors (Lipinski definition) is 3. The molecular weight excluding hydrogens is 260 g/mol. The first-order chi connectivity index (χ1) is 10.1. The van der Waals surface area contributed by atoms with Crippen molar-refractivity contribution in [2.24, 2.45) is 5.92 Å². The van der Waals surface area contributed by atoms with Gasteiger partial charge < -0.3 is 10.1 Å². The molecule has 1 N–H and O–H groups in total. The Labute approximate surface area is 129 Å². The van der Waals surface area contributed by atoms with Crippen LogP contribution in [0.3, 0.4) is 0 Å². The van der Waals surface area contributed by atoms with E-state index in [1.54, 1.807) is 0 Å². The molecule has 2 rings (SSSR count). The van der Waals surface area contributed by atoms with E-state index in [4.69, 9.17) is 4.74 Å². The number of aromatic nitrogens is 1. The fourth-order valence-corrected chi connectivity index (χ4v) is 3.03. The largest absolute Gasteiger partial charge is 0.488 e. The fraction of sp³-hybridized carbons (Fsp3) is 0.722. The van der Waals surface area contributed by atoms with E-state index in [9.17, 15) is 0 Å². The van der Waals surface area contributed by atoms with E-state index in [1.807, 2.05) is 13.0 Å². The predicted molar refractivity (Wildman–Crippen MR) is 87.6 cm³/mol. The second-order valence-electron chi connectivity index (χ2n) is 6.61. The van der Waals surface area contributed by atoms with Gasteiger partial charge >= 0.3 is 0 Å². The van der Waals surface area contributed by atoms with Gasteiger partial charge in [0.1, 0.15) is 5.75 Å². The lowest BCUT2D eigenvalue weighted by molar-refractivity contribution is 0.120. The molecular formula is C18H30N2O. The summed E-state index contributed by atoms with van der Waals surface area (Å²) in [6, 6.07) is 4.60. The maximum Gasteiger partial charge on any atom is 0.142 e. The quantitative estimate of drug-likeness (QED) is 0.851. The van der Waals surface area contributed by atoms with E-state index in [1.165, 1.54) is 32.1 Å². The van der Waals surface area contributed by atoms with E-state index >= 15 is 0 Å². The number of pyridine rings is 1. The summed E-state index contributed by atoms with van der Waals surface area (Å²) in [4.78, 5) is 4.66. The summed E-state index contributed by atoms with van der Waals surface area (Å²) in [7, 11) is 0. The highest BCUT2D eigenvalue weighted by molar-refractivity contribution is 5.29. The van der Waals surface area contributed by atoms with Gasteiger partial charge in [0.25, 0.3) is 0 Å². The predicted octanol–water partition coefficient (Wildman–Crippen LogP) is 4.24. The molecule has 21 heavy (non-hydrogen) atoms. The molecule has 1 heterocycles. The van der Waals surface area contributed by atoms with Crippen LogP contribution >= 0.6 is 0 Å². The van der Waals surface area contributed by atoms with Crippen LogP contribution in [-0.4, -0.2) is 17.1 Å². The lowest BCUT2D eigenvalue weighted by Gasteiger charge is -2.29. The number of hydrogen-bond donors (Lipinski definition) is 1. The second kappa shape index (κ2) is 7.79. The van der Waals surface area contributed by atoms with Gasteiger partial charge in [0.2, 0.25) is 0 Å². The van der Waals surface area contributed by atoms with Crippen molar-refractivity contribution >= 4 is 0 Å². The Morgan fingerprint density at radius 1 is 1.33 bits per heavy atom. The minimum absolute atomic E-state index is 0.367. The SMILES string of the molecule is CCC1CCCC(Oc2ccc(C)nc2CNC(C)C)C1. The molecule has 2 atom stereocenters. The summed E-state index contributed by atoms with van der Waals surface area (Å²) in [6.45, 7) is 9.42. The van der Waals surface area contributed by atoms with Crippen LogP contribution in [0, 0.1) is 12.8 Å². The zero-order chi connectivity index (χ0) is 15.2. The van der Waals surface area contributed by atoms with Gasteiger partial charge in [-0.05, 0) is 44.2 Å². The number of nitrogens with one attached hydrogen (secondary N) is 1. The molecule has 1 aromatic rings. The zero-order valence-corrected chi connectivity index (χ0v) is 14.0. The topological polar surface area (TPSA) is 34.1 Å². The second-order valence-corrected chi connectivity index (χ2v) is 6.61. The van der Waals surface area contributed by atoms with Gasteiger partial charge in [-0.3, -0.25) is 4.98 Å². The van der Waals surface area contributed by atoms with Crippen LogP contribution in [0.1, 0.15) is 64.3 Å². The van der Waals surface area contributed by atoms with E-state index in [0.29, 0.717) is 12.1 Å². The highest BCUT2D eigenvalue weighted by Crippen LogP contribution is 2.30. The first-order valence-corrected chi connectivity index (χ1v) is 8.45. The van der Waals surface area contributed by atoms with Crippen LogP contribution in [0.5, 0.6) is 5.75 Å². The molecule has 0 aliphatic heterocycles. The molecule has 3 nitrogen and oxygen atoms in total. The van der Waals surface area contributed by atoms with Crippen LogP contribution in [0.4, 0.5) is 0 Å². The number of rotatable bonds is 6. The molecule has 2 unspecified atom stereocenters. The van der Waals surface area contributed by atoms with Crippen molar-refractivity contribution in [2.45, 2.75) is 78.5 Å². The highest BCUT2D eigenvalue weighted by Gasteiger charge is 2.23. The lowest BCUT2D eigenvalue weighted by Crippen LogP contribution is -2.27. The molecule has 0 saturated heterocycles. The molecule has 0 bridgehead atoms. The van der Waals surface area contributed by atoms with Crippen molar-refractivity contribution < 1.29 is 4.74 Å². The molecule has 0 amide bonds. The van der Waals surface area contributed by atoms with Crippen LogP contribution in [0.15, 0.2) is 12.1 Å². The van der Waals surface area contributed by atoms with Crippen molar-refractivity contribution in [3.8, 4) is 5.75 Å². The fourth-order valence-electron chi connectivity index (χ4n) is 3.03. The summed E-state index contributed by atoms with van der Waals surface area (Å²) in [5.41, 5.74) is 2.10. The monoisotopic (exact) mass is 290 g/mol. The first kappa shape index (κ1) is 16.3. The van der Waals surface area contributed by atoms with E-state index in [0.717, 1.165) is 29.6 Å². The molecule has 0 aromatic carbocycles. The average Bonchev–Trinajstić information content (AvgIpc) is 2.47. The number of nitrogens with zero attached hydrogens (tertiary/aromatic N) is 1. The Kier molecular flexibility index (Phi) is 6.04. The van der Waals surface area contributed by atoms with Crippen LogP contribution in [0.2, 0.25) is 0 Å². The van der Waals surface area contributed by atoms with Crippen molar-refractivity contribution in [3.05, 3.63) is 23.5 Å².